The third kappa shape index (κ3) is 3.77. The minimum atomic E-state index is -0.150. The van der Waals surface area contributed by atoms with E-state index in [0.717, 1.165) is 16.6 Å². The Hall–Kier alpha value is -1.52. The van der Waals surface area contributed by atoms with Gasteiger partial charge in [-0.05, 0) is 58.7 Å². The molecule has 0 atom stereocenters. The smallest absolute Gasteiger partial charge is 0.194 e. The van der Waals surface area contributed by atoms with Gasteiger partial charge in [0.2, 0.25) is 0 Å². The van der Waals surface area contributed by atoms with Crippen LogP contribution in [0.25, 0.3) is 0 Å². The molecule has 0 unspecified atom stereocenters. The standard InChI is InChI=1S/C16H15BrClNO2/c1-2-7-21-15-6-3-10(8-13(15)17)16(20)12-5-4-11(19)9-14(12)18/h3-6,8-9H,2,7,19H2,1H3. The molecule has 3 nitrogen and oxygen atoms in total. The molecule has 2 aromatic carbocycles. The first-order valence-electron chi connectivity index (χ1n) is 6.55. The molecule has 21 heavy (non-hydrogen) atoms. The van der Waals surface area contributed by atoms with Crippen molar-refractivity contribution in [1.82, 2.24) is 0 Å². The predicted molar refractivity (Wildman–Crippen MR) is 89.2 cm³/mol. The molecule has 0 aromatic heterocycles. The van der Waals surface area contributed by atoms with Gasteiger partial charge in [-0.2, -0.15) is 0 Å². The third-order valence-corrected chi connectivity index (χ3v) is 3.83. The van der Waals surface area contributed by atoms with E-state index in [9.17, 15) is 4.79 Å². The van der Waals surface area contributed by atoms with Crippen LogP contribution < -0.4 is 10.5 Å². The van der Waals surface area contributed by atoms with Crippen molar-refractivity contribution in [2.24, 2.45) is 0 Å². The number of halogens is 2. The molecule has 2 N–H and O–H groups in total. The van der Waals surface area contributed by atoms with Crippen molar-refractivity contribution in [1.29, 1.82) is 0 Å². The van der Waals surface area contributed by atoms with E-state index >= 15 is 0 Å². The molecule has 110 valence electrons. The van der Waals surface area contributed by atoms with Gasteiger partial charge in [-0.15, -0.1) is 0 Å². The maximum absolute atomic E-state index is 12.5. The summed E-state index contributed by atoms with van der Waals surface area (Å²) in [6.45, 7) is 2.67. The molecule has 0 aliphatic rings. The van der Waals surface area contributed by atoms with Gasteiger partial charge in [-0.1, -0.05) is 18.5 Å². The first kappa shape index (κ1) is 15.9. The monoisotopic (exact) mass is 367 g/mol. The summed E-state index contributed by atoms with van der Waals surface area (Å²) < 4.78 is 6.31. The number of nitrogen functional groups attached to an aromatic ring is 1. The van der Waals surface area contributed by atoms with Crippen molar-refractivity contribution in [2.75, 3.05) is 12.3 Å². The third-order valence-electron chi connectivity index (χ3n) is 2.89. The zero-order valence-electron chi connectivity index (χ0n) is 11.5. The number of ether oxygens (including phenoxy) is 1. The fourth-order valence-electron chi connectivity index (χ4n) is 1.84. The lowest BCUT2D eigenvalue weighted by Crippen LogP contribution is -2.04. The number of anilines is 1. The Kier molecular flexibility index (Phi) is 5.26. The van der Waals surface area contributed by atoms with E-state index in [1.165, 1.54) is 0 Å². The van der Waals surface area contributed by atoms with Crippen molar-refractivity contribution in [2.45, 2.75) is 13.3 Å². The zero-order chi connectivity index (χ0) is 15.4. The van der Waals surface area contributed by atoms with E-state index < -0.39 is 0 Å². The number of ketones is 1. The van der Waals surface area contributed by atoms with Crippen LogP contribution in [0.15, 0.2) is 40.9 Å². The summed E-state index contributed by atoms with van der Waals surface area (Å²) >= 11 is 9.49. The number of nitrogens with two attached hydrogens (primary N) is 1. The average Bonchev–Trinajstić information content (AvgIpc) is 2.45. The molecule has 0 aliphatic carbocycles. The SMILES string of the molecule is CCCOc1ccc(C(=O)c2ccc(N)cc2Cl)cc1Br. The van der Waals surface area contributed by atoms with Gasteiger partial charge in [0.25, 0.3) is 0 Å². The van der Waals surface area contributed by atoms with Crippen LogP contribution in [-0.2, 0) is 0 Å². The largest absolute Gasteiger partial charge is 0.492 e. The lowest BCUT2D eigenvalue weighted by atomic mass is 10.0. The van der Waals surface area contributed by atoms with Gasteiger partial charge in [0.15, 0.2) is 5.78 Å². The fourth-order valence-corrected chi connectivity index (χ4v) is 2.61. The van der Waals surface area contributed by atoms with Crippen LogP contribution >= 0.6 is 27.5 Å². The van der Waals surface area contributed by atoms with Crippen molar-refractivity contribution in [3.05, 3.63) is 57.0 Å². The van der Waals surface area contributed by atoms with E-state index in [1.54, 1.807) is 36.4 Å². The van der Waals surface area contributed by atoms with Gasteiger partial charge in [0.1, 0.15) is 5.75 Å². The second-order valence-corrected chi connectivity index (χ2v) is 5.82. The Labute approximate surface area is 137 Å². The number of benzene rings is 2. The minimum Gasteiger partial charge on any atom is -0.492 e. The molecule has 5 heteroatoms. The molecule has 0 heterocycles. The molecule has 0 amide bonds. The minimum absolute atomic E-state index is 0.150. The molecule has 0 aliphatic heterocycles. The Bertz CT molecular complexity index is 673. The summed E-state index contributed by atoms with van der Waals surface area (Å²) in [7, 11) is 0. The lowest BCUT2D eigenvalue weighted by Gasteiger charge is -2.09. The number of hydrogen-bond acceptors (Lipinski definition) is 3. The Morgan fingerprint density at radius 2 is 2.05 bits per heavy atom. The molecule has 2 rings (SSSR count). The second kappa shape index (κ2) is 6.96. The number of carbonyl (C=O) groups is 1. The van der Waals surface area contributed by atoms with Gasteiger partial charge in [-0.3, -0.25) is 4.79 Å². The summed E-state index contributed by atoms with van der Waals surface area (Å²) in [5.74, 6) is 0.569. The maximum atomic E-state index is 12.5. The van der Waals surface area contributed by atoms with E-state index in [0.29, 0.717) is 28.4 Å². The topological polar surface area (TPSA) is 52.3 Å². The number of rotatable bonds is 5. The Balaban J connectivity index is 2.29. The van der Waals surface area contributed by atoms with E-state index in [1.807, 2.05) is 6.92 Å². The van der Waals surface area contributed by atoms with Gasteiger partial charge >= 0.3 is 0 Å². The summed E-state index contributed by atoms with van der Waals surface area (Å²) in [6, 6.07) is 10.1. The van der Waals surface area contributed by atoms with Gasteiger partial charge in [0.05, 0.1) is 16.1 Å². The Morgan fingerprint density at radius 1 is 1.29 bits per heavy atom. The summed E-state index contributed by atoms with van der Waals surface area (Å²) in [6.07, 6.45) is 0.925. The highest BCUT2D eigenvalue weighted by atomic mass is 79.9. The van der Waals surface area contributed by atoms with Crippen LogP contribution in [0.2, 0.25) is 5.02 Å². The van der Waals surface area contributed by atoms with Crippen molar-refractivity contribution in [3.63, 3.8) is 0 Å². The summed E-state index contributed by atoms with van der Waals surface area (Å²) in [5.41, 5.74) is 7.14. The van der Waals surface area contributed by atoms with Crippen LogP contribution in [0.3, 0.4) is 0 Å². The highest BCUT2D eigenvalue weighted by Crippen LogP contribution is 2.28. The van der Waals surface area contributed by atoms with Gasteiger partial charge in [0, 0.05) is 16.8 Å². The van der Waals surface area contributed by atoms with Crippen LogP contribution in [0.5, 0.6) is 5.75 Å². The average molecular weight is 369 g/mol. The highest BCUT2D eigenvalue weighted by molar-refractivity contribution is 9.10. The number of carbonyl (C=O) groups excluding carboxylic acids is 1. The lowest BCUT2D eigenvalue weighted by molar-refractivity contribution is 0.103. The molecular formula is C16H15BrClNO2. The molecular weight excluding hydrogens is 354 g/mol. The Morgan fingerprint density at radius 3 is 2.67 bits per heavy atom. The number of hydrogen-bond donors (Lipinski definition) is 1. The molecule has 0 radical (unpaired) electrons. The van der Waals surface area contributed by atoms with Crippen LogP contribution in [0, 0.1) is 0 Å². The van der Waals surface area contributed by atoms with Crippen molar-refractivity contribution in [3.8, 4) is 5.75 Å². The fraction of sp³-hybridized carbons (Fsp3) is 0.188. The summed E-state index contributed by atoms with van der Waals surface area (Å²) in [5, 5.41) is 0.349. The van der Waals surface area contributed by atoms with E-state index in [2.05, 4.69) is 15.9 Å². The molecule has 0 bridgehead atoms. The predicted octanol–water partition coefficient (Wildman–Crippen LogP) is 4.70. The van der Waals surface area contributed by atoms with Crippen LogP contribution in [-0.4, -0.2) is 12.4 Å². The molecule has 0 fully saturated rings. The van der Waals surface area contributed by atoms with E-state index in [4.69, 9.17) is 22.1 Å². The zero-order valence-corrected chi connectivity index (χ0v) is 13.9. The normalized spacial score (nSPS) is 10.4. The first-order valence-corrected chi connectivity index (χ1v) is 7.72. The van der Waals surface area contributed by atoms with Crippen LogP contribution in [0.4, 0.5) is 5.69 Å². The molecule has 0 saturated heterocycles. The summed E-state index contributed by atoms with van der Waals surface area (Å²) in [4.78, 5) is 12.5. The maximum Gasteiger partial charge on any atom is 0.194 e. The van der Waals surface area contributed by atoms with Gasteiger partial charge < -0.3 is 10.5 Å². The quantitative estimate of drug-likeness (QED) is 0.614. The molecule has 0 spiro atoms. The van der Waals surface area contributed by atoms with Crippen molar-refractivity contribution < 1.29 is 9.53 Å². The highest BCUT2D eigenvalue weighted by Gasteiger charge is 2.14. The molecule has 2 aromatic rings. The van der Waals surface area contributed by atoms with Crippen molar-refractivity contribution >= 4 is 39.0 Å². The van der Waals surface area contributed by atoms with Crippen LogP contribution in [0.1, 0.15) is 29.3 Å². The first-order chi connectivity index (χ1) is 10.0. The molecule has 0 saturated carbocycles. The van der Waals surface area contributed by atoms with Gasteiger partial charge in [-0.25, -0.2) is 0 Å². The van der Waals surface area contributed by atoms with E-state index in [-0.39, 0.29) is 5.78 Å². The second-order valence-electron chi connectivity index (χ2n) is 4.56.